The van der Waals surface area contributed by atoms with Crippen LogP contribution in [0, 0.1) is 0 Å². The van der Waals surface area contributed by atoms with Crippen molar-refractivity contribution in [2.75, 3.05) is 19.7 Å². The van der Waals surface area contributed by atoms with E-state index in [4.69, 9.17) is 21.1 Å². The van der Waals surface area contributed by atoms with E-state index in [1.54, 1.807) is 4.90 Å². The smallest absolute Gasteiger partial charge is 0.410 e. The second-order valence-corrected chi connectivity index (χ2v) is 6.44. The standard InChI is InChI=1S/C13H22ClNO3/c1-10(14)8-17-13(5)6-7-15(9-13)11(16)18-12(2,3)4/h1,6-9H2,2-5H3. The summed E-state index contributed by atoms with van der Waals surface area (Å²) in [5, 5.41) is 0.465. The van der Waals surface area contributed by atoms with Gasteiger partial charge in [-0.1, -0.05) is 18.2 Å². The van der Waals surface area contributed by atoms with E-state index < -0.39 is 5.60 Å². The molecule has 0 saturated carbocycles. The number of rotatable bonds is 3. The number of carbonyl (C=O) groups is 1. The SMILES string of the molecule is C=C(Cl)COC1(C)CCN(C(=O)OC(C)(C)C)C1. The maximum atomic E-state index is 11.9. The van der Waals surface area contributed by atoms with E-state index in [1.165, 1.54) is 0 Å². The average Bonchev–Trinajstić information content (AvgIpc) is 2.56. The van der Waals surface area contributed by atoms with Gasteiger partial charge in [0.2, 0.25) is 0 Å². The van der Waals surface area contributed by atoms with E-state index in [1.807, 2.05) is 27.7 Å². The molecule has 1 atom stereocenters. The Morgan fingerprint density at radius 3 is 2.61 bits per heavy atom. The molecule has 0 N–H and O–H groups in total. The minimum atomic E-state index is -0.471. The fraction of sp³-hybridized carbons (Fsp3) is 0.769. The largest absolute Gasteiger partial charge is 0.444 e. The molecule has 0 spiro atoms. The number of carbonyl (C=O) groups excluding carboxylic acids is 1. The lowest BCUT2D eigenvalue weighted by Gasteiger charge is -2.27. The molecule has 0 aromatic rings. The molecule has 0 aromatic carbocycles. The van der Waals surface area contributed by atoms with Gasteiger partial charge >= 0.3 is 6.09 Å². The summed E-state index contributed by atoms with van der Waals surface area (Å²) >= 11 is 5.68. The summed E-state index contributed by atoms with van der Waals surface area (Å²) in [4.78, 5) is 13.6. The van der Waals surface area contributed by atoms with E-state index in [0.717, 1.165) is 6.42 Å². The van der Waals surface area contributed by atoms with Gasteiger partial charge in [-0.3, -0.25) is 0 Å². The number of halogens is 1. The molecule has 0 aromatic heterocycles. The minimum Gasteiger partial charge on any atom is -0.444 e. The molecule has 1 rings (SSSR count). The van der Waals surface area contributed by atoms with Gasteiger partial charge in [0, 0.05) is 11.6 Å². The van der Waals surface area contributed by atoms with Crippen LogP contribution in [0.3, 0.4) is 0 Å². The molecule has 0 aliphatic carbocycles. The Bertz CT molecular complexity index is 338. The molecule has 1 aliphatic rings. The lowest BCUT2D eigenvalue weighted by atomic mass is 10.1. The van der Waals surface area contributed by atoms with Crippen LogP contribution >= 0.6 is 11.6 Å². The summed E-state index contributed by atoms with van der Waals surface area (Å²) in [6, 6.07) is 0. The Labute approximate surface area is 114 Å². The number of hydrogen-bond donors (Lipinski definition) is 0. The van der Waals surface area contributed by atoms with Crippen LogP contribution in [-0.2, 0) is 9.47 Å². The highest BCUT2D eigenvalue weighted by atomic mass is 35.5. The first-order valence-corrected chi connectivity index (χ1v) is 6.44. The van der Waals surface area contributed by atoms with Crippen LogP contribution in [0.4, 0.5) is 4.79 Å². The molecule has 0 bridgehead atoms. The van der Waals surface area contributed by atoms with Gasteiger partial charge < -0.3 is 14.4 Å². The van der Waals surface area contributed by atoms with Crippen molar-refractivity contribution in [3.63, 3.8) is 0 Å². The van der Waals surface area contributed by atoms with Crippen LogP contribution in [0.15, 0.2) is 11.6 Å². The Kier molecular flexibility index (Phi) is 4.67. The lowest BCUT2D eigenvalue weighted by molar-refractivity contribution is -0.0148. The summed E-state index contributed by atoms with van der Waals surface area (Å²) in [7, 11) is 0. The molecule has 1 unspecified atom stereocenters. The van der Waals surface area contributed by atoms with Crippen molar-refractivity contribution in [1.82, 2.24) is 4.90 Å². The summed E-state index contributed by atoms with van der Waals surface area (Å²) in [5.41, 5.74) is -0.837. The van der Waals surface area contributed by atoms with Gasteiger partial charge in [-0.2, -0.15) is 0 Å². The number of likely N-dealkylation sites (tertiary alicyclic amines) is 1. The summed E-state index contributed by atoms with van der Waals surface area (Å²) in [5.74, 6) is 0. The summed E-state index contributed by atoms with van der Waals surface area (Å²) in [6.45, 7) is 12.6. The highest BCUT2D eigenvalue weighted by Crippen LogP contribution is 2.27. The molecule has 5 heteroatoms. The first kappa shape index (κ1) is 15.3. The number of ether oxygens (including phenoxy) is 2. The van der Waals surface area contributed by atoms with Gasteiger partial charge in [0.05, 0.1) is 18.8 Å². The van der Waals surface area contributed by atoms with Crippen molar-refractivity contribution in [3.05, 3.63) is 11.6 Å². The third kappa shape index (κ3) is 4.86. The maximum absolute atomic E-state index is 11.9. The van der Waals surface area contributed by atoms with Crippen molar-refractivity contribution in [2.45, 2.75) is 45.3 Å². The summed E-state index contributed by atoms with van der Waals surface area (Å²) in [6.07, 6.45) is 0.482. The zero-order valence-electron chi connectivity index (χ0n) is 11.6. The number of nitrogens with zero attached hydrogens (tertiary/aromatic N) is 1. The minimum absolute atomic E-state index is 0.292. The molecule has 1 amide bonds. The number of amides is 1. The lowest BCUT2D eigenvalue weighted by Crippen LogP contribution is -2.39. The quantitative estimate of drug-likeness (QED) is 0.794. The Balaban J connectivity index is 2.49. The Morgan fingerprint density at radius 1 is 1.50 bits per heavy atom. The molecule has 0 radical (unpaired) electrons. The maximum Gasteiger partial charge on any atom is 0.410 e. The van der Waals surface area contributed by atoms with Crippen LogP contribution in [0.5, 0.6) is 0 Å². The van der Waals surface area contributed by atoms with Gasteiger partial charge in [-0.05, 0) is 34.1 Å². The van der Waals surface area contributed by atoms with Crippen molar-refractivity contribution < 1.29 is 14.3 Å². The fourth-order valence-corrected chi connectivity index (χ4v) is 1.84. The number of hydrogen-bond acceptors (Lipinski definition) is 3. The van der Waals surface area contributed by atoms with Crippen molar-refractivity contribution >= 4 is 17.7 Å². The highest BCUT2D eigenvalue weighted by molar-refractivity contribution is 6.29. The van der Waals surface area contributed by atoms with Gasteiger partial charge in [0.25, 0.3) is 0 Å². The monoisotopic (exact) mass is 275 g/mol. The molecule has 1 saturated heterocycles. The van der Waals surface area contributed by atoms with Crippen molar-refractivity contribution in [1.29, 1.82) is 0 Å². The van der Waals surface area contributed by atoms with E-state index in [0.29, 0.717) is 24.7 Å². The van der Waals surface area contributed by atoms with Crippen LogP contribution < -0.4 is 0 Å². The normalized spacial score (nSPS) is 24.2. The zero-order chi connectivity index (χ0) is 14.0. The molecule has 18 heavy (non-hydrogen) atoms. The molecule has 104 valence electrons. The van der Waals surface area contributed by atoms with E-state index in [-0.39, 0.29) is 11.7 Å². The third-order valence-corrected chi connectivity index (χ3v) is 2.77. The fourth-order valence-electron chi connectivity index (χ4n) is 1.79. The first-order chi connectivity index (χ1) is 8.11. The predicted molar refractivity (Wildman–Crippen MR) is 71.8 cm³/mol. The van der Waals surface area contributed by atoms with Crippen LogP contribution in [0.2, 0.25) is 0 Å². The van der Waals surface area contributed by atoms with Gasteiger partial charge in [-0.15, -0.1) is 0 Å². The molecule has 1 aliphatic heterocycles. The third-order valence-electron chi connectivity index (χ3n) is 2.66. The Morgan fingerprint density at radius 2 is 2.11 bits per heavy atom. The molecule has 1 heterocycles. The molecule has 4 nitrogen and oxygen atoms in total. The van der Waals surface area contributed by atoms with E-state index >= 15 is 0 Å². The van der Waals surface area contributed by atoms with Crippen molar-refractivity contribution in [2.24, 2.45) is 0 Å². The van der Waals surface area contributed by atoms with E-state index in [2.05, 4.69) is 6.58 Å². The first-order valence-electron chi connectivity index (χ1n) is 6.06. The Hall–Kier alpha value is -0.740. The van der Waals surface area contributed by atoms with Gasteiger partial charge in [-0.25, -0.2) is 4.79 Å². The molecular weight excluding hydrogens is 254 g/mol. The van der Waals surface area contributed by atoms with Gasteiger partial charge in [0.1, 0.15) is 5.60 Å². The highest BCUT2D eigenvalue weighted by Gasteiger charge is 2.38. The summed E-state index contributed by atoms with van der Waals surface area (Å²) < 4.78 is 11.0. The topological polar surface area (TPSA) is 38.8 Å². The van der Waals surface area contributed by atoms with Crippen molar-refractivity contribution in [3.8, 4) is 0 Å². The molecule has 1 fully saturated rings. The van der Waals surface area contributed by atoms with Crippen LogP contribution in [0.1, 0.15) is 34.1 Å². The zero-order valence-corrected chi connectivity index (χ0v) is 12.3. The molecular formula is C13H22ClNO3. The van der Waals surface area contributed by atoms with Gasteiger partial charge in [0.15, 0.2) is 0 Å². The second kappa shape index (κ2) is 5.49. The van der Waals surface area contributed by atoms with E-state index in [9.17, 15) is 4.79 Å². The van der Waals surface area contributed by atoms with Crippen LogP contribution in [0.25, 0.3) is 0 Å². The predicted octanol–water partition coefficient (Wildman–Crippen LogP) is 3.16. The van der Waals surface area contributed by atoms with Crippen LogP contribution in [-0.4, -0.2) is 41.9 Å². The average molecular weight is 276 g/mol. The second-order valence-electron chi connectivity index (χ2n) is 5.91.